The second-order valence-electron chi connectivity index (χ2n) is 6.15. The Bertz CT molecular complexity index is 1000. The monoisotopic (exact) mass is 356 g/mol. The van der Waals surface area contributed by atoms with Crippen LogP contribution in [0, 0.1) is 6.92 Å². The van der Waals surface area contributed by atoms with E-state index in [-0.39, 0.29) is 0 Å². The molecule has 4 aromatic rings. The van der Waals surface area contributed by atoms with Gasteiger partial charge in [0.25, 0.3) is 6.02 Å². The summed E-state index contributed by atoms with van der Waals surface area (Å²) in [5.74, 6) is 0.878. The standard InChI is InChI=1S/C13H13N3O.C9H7N/c1-10-9-16(13-14-7-8-17-13)12(15-10)11-5-3-2-4-6-11;1-2-6-9-8(4-1)5-3-7-10-9/h2-6,9H,7-8H2,1H3;1-7H. The van der Waals surface area contributed by atoms with E-state index in [9.17, 15) is 0 Å². The van der Waals surface area contributed by atoms with Gasteiger partial charge in [-0.1, -0.05) is 54.6 Å². The van der Waals surface area contributed by atoms with Crippen molar-refractivity contribution in [2.24, 2.45) is 4.99 Å². The number of aliphatic imine (C=N–C) groups is 1. The fourth-order valence-corrected chi connectivity index (χ4v) is 2.92. The number of rotatable bonds is 1. The van der Waals surface area contributed by atoms with Crippen LogP contribution >= 0.6 is 0 Å². The molecule has 27 heavy (non-hydrogen) atoms. The average Bonchev–Trinajstić information content (AvgIpc) is 3.39. The Kier molecular flexibility index (Phi) is 4.92. The summed E-state index contributed by atoms with van der Waals surface area (Å²) >= 11 is 0. The van der Waals surface area contributed by atoms with Crippen molar-refractivity contribution in [3.63, 3.8) is 0 Å². The van der Waals surface area contributed by atoms with E-state index < -0.39 is 0 Å². The van der Waals surface area contributed by atoms with E-state index in [1.807, 2.05) is 78.5 Å². The molecule has 0 aliphatic carbocycles. The first kappa shape index (κ1) is 17.0. The van der Waals surface area contributed by atoms with Crippen LogP contribution in [0.5, 0.6) is 0 Å². The van der Waals surface area contributed by atoms with Crippen LogP contribution in [0.2, 0.25) is 0 Å². The first-order valence-corrected chi connectivity index (χ1v) is 8.90. The fourth-order valence-electron chi connectivity index (χ4n) is 2.92. The third-order valence-electron chi connectivity index (χ3n) is 4.15. The van der Waals surface area contributed by atoms with Crippen molar-refractivity contribution in [3.8, 4) is 11.4 Å². The molecule has 0 saturated heterocycles. The maximum absolute atomic E-state index is 5.49. The second kappa shape index (κ2) is 7.83. The van der Waals surface area contributed by atoms with Crippen molar-refractivity contribution < 1.29 is 4.74 Å². The quantitative estimate of drug-likeness (QED) is 0.510. The predicted molar refractivity (Wildman–Crippen MR) is 108 cm³/mol. The molecule has 0 radical (unpaired) electrons. The molecule has 2 aromatic carbocycles. The van der Waals surface area contributed by atoms with Crippen molar-refractivity contribution >= 4 is 16.9 Å². The molecule has 0 atom stereocenters. The molecule has 1 aliphatic heterocycles. The molecular weight excluding hydrogens is 336 g/mol. The van der Waals surface area contributed by atoms with Crippen LogP contribution in [0.15, 0.2) is 84.1 Å². The van der Waals surface area contributed by atoms with Gasteiger partial charge in [-0.3, -0.25) is 9.55 Å². The van der Waals surface area contributed by atoms with E-state index in [1.54, 1.807) is 0 Å². The van der Waals surface area contributed by atoms with Gasteiger partial charge in [0, 0.05) is 23.3 Å². The predicted octanol–water partition coefficient (Wildman–Crippen LogP) is 4.33. The Hall–Kier alpha value is -3.47. The zero-order chi connectivity index (χ0) is 18.5. The van der Waals surface area contributed by atoms with E-state index in [0.717, 1.165) is 29.1 Å². The highest BCUT2D eigenvalue weighted by Crippen LogP contribution is 2.19. The van der Waals surface area contributed by atoms with Gasteiger partial charge in [0.15, 0.2) is 0 Å². The Morgan fingerprint density at radius 3 is 2.48 bits per heavy atom. The van der Waals surface area contributed by atoms with Gasteiger partial charge < -0.3 is 4.74 Å². The second-order valence-corrected chi connectivity index (χ2v) is 6.15. The summed E-state index contributed by atoms with van der Waals surface area (Å²) in [4.78, 5) is 13.0. The summed E-state index contributed by atoms with van der Waals surface area (Å²) in [5.41, 5.74) is 3.09. The largest absolute Gasteiger partial charge is 0.463 e. The van der Waals surface area contributed by atoms with E-state index >= 15 is 0 Å². The van der Waals surface area contributed by atoms with Gasteiger partial charge in [-0.25, -0.2) is 9.98 Å². The number of aromatic nitrogens is 3. The molecule has 0 fully saturated rings. The third kappa shape index (κ3) is 3.87. The molecule has 5 heteroatoms. The summed E-state index contributed by atoms with van der Waals surface area (Å²) in [5, 5.41) is 1.20. The molecule has 134 valence electrons. The zero-order valence-corrected chi connectivity index (χ0v) is 15.1. The molecule has 5 rings (SSSR count). The molecule has 0 spiro atoms. The van der Waals surface area contributed by atoms with Crippen LogP contribution in [0.25, 0.3) is 22.3 Å². The van der Waals surface area contributed by atoms with E-state index in [4.69, 9.17) is 4.74 Å². The number of ether oxygens (including phenoxy) is 1. The molecule has 5 nitrogen and oxygen atoms in total. The van der Waals surface area contributed by atoms with E-state index in [2.05, 4.69) is 27.1 Å². The third-order valence-corrected chi connectivity index (χ3v) is 4.15. The van der Waals surface area contributed by atoms with Gasteiger partial charge in [0.05, 0.1) is 17.8 Å². The number of fused-ring (bicyclic) bond motifs is 1. The minimum atomic E-state index is 0.643. The molecule has 0 bridgehead atoms. The number of imidazole rings is 1. The lowest BCUT2D eigenvalue weighted by atomic mass is 10.2. The number of nitrogens with zero attached hydrogens (tertiary/aromatic N) is 4. The van der Waals surface area contributed by atoms with Gasteiger partial charge in [-0.05, 0) is 19.1 Å². The number of benzene rings is 2. The number of pyridine rings is 1. The first-order valence-electron chi connectivity index (χ1n) is 8.90. The first-order chi connectivity index (χ1) is 13.3. The summed E-state index contributed by atoms with van der Waals surface area (Å²) in [6.45, 7) is 3.35. The highest BCUT2D eigenvalue weighted by atomic mass is 16.5. The zero-order valence-electron chi connectivity index (χ0n) is 15.1. The maximum Gasteiger partial charge on any atom is 0.297 e. The van der Waals surface area contributed by atoms with Crippen molar-refractivity contribution in [2.45, 2.75) is 6.92 Å². The number of aryl methyl sites for hydroxylation is 1. The lowest BCUT2D eigenvalue weighted by molar-refractivity contribution is 0.334. The molecule has 0 saturated carbocycles. The summed E-state index contributed by atoms with van der Waals surface area (Å²) in [6, 6.07) is 22.8. The number of hydrogen-bond acceptors (Lipinski definition) is 4. The molecule has 2 aromatic heterocycles. The lowest BCUT2D eigenvalue weighted by Crippen LogP contribution is -2.12. The summed E-state index contributed by atoms with van der Waals surface area (Å²) in [7, 11) is 0. The smallest absolute Gasteiger partial charge is 0.297 e. The van der Waals surface area contributed by atoms with Crippen molar-refractivity contribution in [3.05, 3.63) is 84.8 Å². The van der Waals surface area contributed by atoms with Crippen LogP contribution < -0.4 is 0 Å². The lowest BCUT2D eigenvalue weighted by Gasteiger charge is -2.06. The highest BCUT2D eigenvalue weighted by Gasteiger charge is 2.16. The molecule has 1 aliphatic rings. The normalized spacial score (nSPS) is 12.9. The molecule has 0 unspecified atom stereocenters. The van der Waals surface area contributed by atoms with Gasteiger partial charge in [0.1, 0.15) is 12.4 Å². The topological polar surface area (TPSA) is 52.3 Å². The minimum absolute atomic E-state index is 0.643. The molecular formula is C22H20N4O. The Labute approximate surface area is 158 Å². The van der Waals surface area contributed by atoms with Crippen LogP contribution in [0.1, 0.15) is 5.69 Å². The van der Waals surface area contributed by atoms with E-state index in [1.165, 1.54) is 5.39 Å². The minimum Gasteiger partial charge on any atom is -0.463 e. The average molecular weight is 356 g/mol. The van der Waals surface area contributed by atoms with Crippen LogP contribution in [0.4, 0.5) is 0 Å². The molecule has 0 amide bonds. The summed E-state index contributed by atoms with van der Waals surface area (Å²) < 4.78 is 7.40. The summed E-state index contributed by atoms with van der Waals surface area (Å²) in [6.07, 6.45) is 3.76. The van der Waals surface area contributed by atoms with Crippen LogP contribution in [0.3, 0.4) is 0 Å². The van der Waals surface area contributed by atoms with Gasteiger partial charge in [-0.15, -0.1) is 0 Å². The Morgan fingerprint density at radius 2 is 1.70 bits per heavy atom. The van der Waals surface area contributed by atoms with Crippen molar-refractivity contribution in [2.75, 3.05) is 13.2 Å². The highest BCUT2D eigenvalue weighted by molar-refractivity contribution is 5.82. The SMILES string of the molecule is Cc1cn(C2=NCCO2)c(-c2ccccc2)n1.c1ccc2ncccc2c1. The Balaban J connectivity index is 0.000000153. The van der Waals surface area contributed by atoms with E-state index in [0.29, 0.717) is 12.6 Å². The maximum atomic E-state index is 5.49. The van der Waals surface area contributed by atoms with Gasteiger partial charge >= 0.3 is 0 Å². The fraction of sp³-hybridized carbons (Fsp3) is 0.136. The van der Waals surface area contributed by atoms with Crippen molar-refractivity contribution in [1.29, 1.82) is 0 Å². The van der Waals surface area contributed by atoms with Crippen LogP contribution in [-0.2, 0) is 4.74 Å². The molecule has 0 N–H and O–H groups in total. The number of hydrogen-bond donors (Lipinski definition) is 0. The number of para-hydroxylation sites is 1. The van der Waals surface area contributed by atoms with Gasteiger partial charge in [0.2, 0.25) is 0 Å². The van der Waals surface area contributed by atoms with Crippen molar-refractivity contribution in [1.82, 2.24) is 14.5 Å². The molecule has 3 heterocycles. The Morgan fingerprint density at radius 1 is 0.926 bits per heavy atom. The van der Waals surface area contributed by atoms with Gasteiger partial charge in [-0.2, -0.15) is 0 Å². The van der Waals surface area contributed by atoms with Crippen LogP contribution in [-0.4, -0.2) is 33.7 Å².